The van der Waals surface area contributed by atoms with Crippen molar-refractivity contribution in [1.29, 1.82) is 0 Å². The number of ether oxygens (including phenoxy) is 5. The first-order valence-corrected chi connectivity index (χ1v) is 13.4. The fraction of sp³-hybridized carbons (Fsp3) is 0.393. The van der Waals surface area contributed by atoms with Crippen LogP contribution in [-0.4, -0.2) is 54.1 Å². The van der Waals surface area contributed by atoms with Crippen molar-refractivity contribution in [3.63, 3.8) is 0 Å². The number of hydrogen-bond donors (Lipinski definition) is 0. The second kappa shape index (κ2) is 12.9. The van der Waals surface area contributed by atoms with Gasteiger partial charge in [0.05, 0.1) is 40.7 Å². The summed E-state index contributed by atoms with van der Waals surface area (Å²) in [6.45, 7) is 5.03. The average molecular weight is 601 g/mol. The van der Waals surface area contributed by atoms with Gasteiger partial charge in [-0.2, -0.15) is 9.50 Å². The van der Waals surface area contributed by atoms with Gasteiger partial charge in [-0.1, -0.05) is 13.3 Å². The number of fused-ring (bicyclic) bond motifs is 1. The molecule has 4 aromatic rings. The highest BCUT2D eigenvalue weighted by Crippen LogP contribution is 2.33. The van der Waals surface area contributed by atoms with Gasteiger partial charge in [-0.25, -0.2) is 4.98 Å². The summed E-state index contributed by atoms with van der Waals surface area (Å²) in [5.74, 6) is 3.42. The van der Waals surface area contributed by atoms with Gasteiger partial charge in [-0.15, -0.1) is 5.10 Å². The van der Waals surface area contributed by atoms with Crippen molar-refractivity contribution in [2.75, 3.05) is 33.3 Å². The largest absolute Gasteiger partial charge is 0.497 e. The van der Waals surface area contributed by atoms with E-state index in [0.717, 1.165) is 24.0 Å². The van der Waals surface area contributed by atoms with E-state index in [-0.39, 0.29) is 12.1 Å². The Kier molecular flexibility index (Phi) is 9.34. The van der Waals surface area contributed by atoms with E-state index in [1.807, 2.05) is 43.3 Å². The molecule has 0 aliphatic rings. The number of rotatable bonds is 13. The van der Waals surface area contributed by atoms with Crippen LogP contribution < -0.4 is 28.6 Å². The molecule has 0 radical (unpaired) electrons. The Bertz CT molecular complexity index is 1360. The lowest BCUT2D eigenvalue weighted by Crippen LogP contribution is -2.26. The van der Waals surface area contributed by atoms with Gasteiger partial charge in [-0.3, -0.25) is 0 Å². The summed E-state index contributed by atoms with van der Waals surface area (Å²) in [6.07, 6.45) is 3.54. The predicted molar refractivity (Wildman–Crippen MR) is 152 cm³/mol. The van der Waals surface area contributed by atoms with Crippen LogP contribution in [0.4, 0.5) is 5.82 Å². The van der Waals surface area contributed by atoms with Crippen molar-refractivity contribution in [1.82, 2.24) is 19.6 Å². The van der Waals surface area contributed by atoms with E-state index in [4.69, 9.17) is 28.7 Å². The highest BCUT2D eigenvalue weighted by molar-refractivity contribution is 9.10. The minimum absolute atomic E-state index is 0.0422. The molecular weight excluding hydrogens is 566 g/mol. The summed E-state index contributed by atoms with van der Waals surface area (Å²) in [6, 6.07) is 11.8. The fourth-order valence-electron chi connectivity index (χ4n) is 4.31. The summed E-state index contributed by atoms with van der Waals surface area (Å²) >= 11 is 3.56. The first-order valence-electron chi connectivity index (χ1n) is 12.6. The van der Waals surface area contributed by atoms with Crippen molar-refractivity contribution in [3.8, 4) is 29.0 Å². The first-order chi connectivity index (χ1) is 18.9. The van der Waals surface area contributed by atoms with Gasteiger partial charge in [-0.05, 0) is 53.5 Å². The second-order valence-electron chi connectivity index (χ2n) is 8.96. The van der Waals surface area contributed by atoms with Crippen LogP contribution >= 0.6 is 15.9 Å². The van der Waals surface area contributed by atoms with E-state index in [2.05, 4.69) is 37.8 Å². The highest BCUT2D eigenvalue weighted by Gasteiger charge is 2.23. The van der Waals surface area contributed by atoms with E-state index >= 15 is 0 Å². The molecule has 0 aliphatic carbocycles. The minimum atomic E-state index is -0.0422. The monoisotopic (exact) mass is 599 g/mol. The quantitative estimate of drug-likeness (QED) is 0.192. The van der Waals surface area contributed by atoms with Crippen LogP contribution in [0.5, 0.6) is 29.0 Å². The lowest BCUT2D eigenvalue weighted by atomic mass is 10.1. The maximum absolute atomic E-state index is 6.13. The number of aromatic nitrogens is 4. The van der Waals surface area contributed by atoms with Gasteiger partial charge in [0, 0.05) is 36.3 Å². The normalized spacial score (nSPS) is 11.8. The van der Waals surface area contributed by atoms with E-state index in [0.29, 0.717) is 52.2 Å². The van der Waals surface area contributed by atoms with E-state index < -0.39 is 0 Å². The van der Waals surface area contributed by atoms with Gasteiger partial charge in [0.25, 0.3) is 0 Å². The minimum Gasteiger partial charge on any atom is -0.497 e. The number of halogens is 1. The zero-order valence-corrected chi connectivity index (χ0v) is 24.7. The van der Waals surface area contributed by atoms with Crippen molar-refractivity contribution >= 4 is 27.4 Å². The summed E-state index contributed by atoms with van der Waals surface area (Å²) in [5.41, 5.74) is 2.46. The van der Waals surface area contributed by atoms with Crippen LogP contribution in [0.15, 0.2) is 47.2 Å². The number of imidazole rings is 1. The SMILES string of the molecule is CCC[C@@H](C)Oc1nc(N(Cc2ccc(OC)cc2OC)Cc2ccc(OC)cc2OC)c2ncc(Br)n2n1. The molecule has 0 spiro atoms. The third kappa shape index (κ3) is 6.47. The Morgan fingerprint density at radius 1 is 0.897 bits per heavy atom. The van der Waals surface area contributed by atoms with Crippen LogP contribution in [0.25, 0.3) is 5.65 Å². The fourth-order valence-corrected chi connectivity index (χ4v) is 4.66. The molecular formula is C28H34BrN5O5. The lowest BCUT2D eigenvalue weighted by Gasteiger charge is -2.26. The molecule has 0 fully saturated rings. The molecule has 39 heavy (non-hydrogen) atoms. The summed E-state index contributed by atoms with van der Waals surface area (Å²) in [7, 11) is 6.55. The molecule has 2 heterocycles. The van der Waals surface area contributed by atoms with Gasteiger partial charge in [0.2, 0.25) is 0 Å². The molecule has 2 aromatic carbocycles. The number of nitrogens with zero attached hydrogens (tertiary/aromatic N) is 5. The molecule has 2 aromatic heterocycles. The van der Waals surface area contributed by atoms with Crippen LogP contribution in [0.1, 0.15) is 37.8 Å². The van der Waals surface area contributed by atoms with Crippen molar-refractivity contribution in [2.24, 2.45) is 0 Å². The molecule has 0 amide bonds. The highest BCUT2D eigenvalue weighted by atomic mass is 79.9. The van der Waals surface area contributed by atoms with Gasteiger partial charge in [0.15, 0.2) is 11.5 Å². The average Bonchev–Trinajstić information content (AvgIpc) is 3.32. The second-order valence-corrected chi connectivity index (χ2v) is 9.78. The number of anilines is 1. The topological polar surface area (TPSA) is 92.5 Å². The number of methoxy groups -OCH3 is 4. The van der Waals surface area contributed by atoms with E-state index in [9.17, 15) is 0 Å². The Morgan fingerprint density at radius 2 is 1.49 bits per heavy atom. The molecule has 10 nitrogen and oxygen atoms in total. The van der Waals surface area contributed by atoms with E-state index in [1.165, 1.54) is 0 Å². The molecule has 0 saturated heterocycles. The third-order valence-electron chi connectivity index (χ3n) is 6.30. The molecule has 0 bridgehead atoms. The molecule has 0 N–H and O–H groups in total. The molecule has 0 unspecified atom stereocenters. The van der Waals surface area contributed by atoms with Crippen LogP contribution in [0.2, 0.25) is 0 Å². The zero-order chi connectivity index (χ0) is 27.9. The zero-order valence-electron chi connectivity index (χ0n) is 23.1. The molecule has 4 rings (SSSR count). The number of benzene rings is 2. The standard InChI is InChI=1S/C28H34BrN5O5/c1-7-8-18(2)39-28-31-27(26-30-15-25(29)34(26)32-28)33(16-19-9-11-21(35-3)13-23(19)37-5)17-20-10-12-22(36-4)14-24(20)38-6/h9-15,18H,7-8,16-17H2,1-6H3/t18-/m1/s1. The van der Waals surface area contributed by atoms with Crippen LogP contribution in [-0.2, 0) is 13.1 Å². The molecule has 11 heteroatoms. The first kappa shape index (κ1) is 28.3. The molecule has 1 atom stereocenters. The maximum Gasteiger partial charge on any atom is 0.336 e. The summed E-state index contributed by atoms with van der Waals surface area (Å²) in [5, 5.41) is 4.59. The number of hydrogen-bond acceptors (Lipinski definition) is 9. The smallest absolute Gasteiger partial charge is 0.336 e. The van der Waals surface area contributed by atoms with Crippen LogP contribution in [0, 0.1) is 0 Å². The molecule has 208 valence electrons. The Balaban J connectivity index is 1.85. The van der Waals surface area contributed by atoms with Gasteiger partial charge < -0.3 is 28.6 Å². The predicted octanol–water partition coefficient (Wildman–Crippen LogP) is 5.70. The molecule has 0 aliphatic heterocycles. The Hall–Kier alpha value is -3.73. The Morgan fingerprint density at radius 3 is 2.00 bits per heavy atom. The summed E-state index contributed by atoms with van der Waals surface area (Å²) in [4.78, 5) is 11.6. The van der Waals surface area contributed by atoms with Gasteiger partial charge >= 0.3 is 6.01 Å². The third-order valence-corrected chi connectivity index (χ3v) is 6.84. The lowest BCUT2D eigenvalue weighted by molar-refractivity contribution is 0.189. The Labute approximate surface area is 237 Å². The van der Waals surface area contributed by atoms with Crippen molar-refractivity contribution in [3.05, 3.63) is 58.3 Å². The van der Waals surface area contributed by atoms with E-state index in [1.54, 1.807) is 39.2 Å². The molecule has 0 saturated carbocycles. The summed E-state index contributed by atoms with van der Waals surface area (Å²) < 4.78 is 30.7. The van der Waals surface area contributed by atoms with Crippen LogP contribution in [0.3, 0.4) is 0 Å². The maximum atomic E-state index is 6.13. The van der Waals surface area contributed by atoms with Gasteiger partial charge in [0.1, 0.15) is 27.6 Å². The van der Waals surface area contributed by atoms with Crippen molar-refractivity contribution < 1.29 is 23.7 Å². The van der Waals surface area contributed by atoms with Crippen molar-refractivity contribution in [2.45, 2.75) is 45.9 Å².